The Morgan fingerprint density at radius 2 is 1.71 bits per heavy atom. The van der Waals surface area contributed by atoms with Crippen LogP contribution < -0.4 is 4.74 Å². The molecule has 5 nitrogen and oxygen atoms in total. The molecule has 0 radical (unpaired) electrons. The third-order valence-corrected chi connectivity index (χ3v) is 5.87. The second-order valence-electron chi connectivity index (χ2n) is 8.47. The van der Waals surface area contributed by atoms with Crippen LogP contribution in [0.25, 0.3) is 5.69 Å². The van der Waals surface area contributed by atoms with Crippen LogP contribution in [0.4, 0.5) is 13.2 Å². The number of aliphatic hydroxyl groups is 1. The molecule has 0 bridgehead atoms. The van der Waals surface area contributed by atoms with Crippen LogP contribution in [0.1, 0.15) is 23.7 Å². The number of aromatic nitrogens is 2. The molecule has 1 aliphatic rings. The topological polar surface area (TPSA) is 50.5 Å². The predicted molar refractivity (Wildman–Crippen MR) is 110 cm³/mol. The van der Waals surface area contributed by atoms with Gasteiger partial charge in [-0.05, 0) is 55.4 Å². The summed E-state index contributed by atoms with van der Waals surface area (Å²) in [7, 11) is 1.96. The second kappa shape index (κ2) is 7.39. The molecule has 1 atom stereocenters. The quantitative estimate of drug-likeness (QED) is 0.656. The standard InChI is InChI=1S/C23H24F3N3O2/c1-16-11-12-29(27-16)19-6-4-5-18(13-19)22(30,21(2)14-28(3)15-21)17-7-9-20(10-8-17)31-23(24,25)26/h4-13,30H,14-15H2,1-3H3. The van der Waals surface area contributed by atoms with Crippen molar-refractivity contribution in [3.8, 4) is 11.4 Å². The van der Waals surface area contributed by atoms with Gasteiger partial charge in [0.1, 0.15) is 11.4 Å². The number of rotatable bonds is 5. The molecule has 2 heterocycles. The number of aryl methyl sites for hydroxylation is 1. The lowest BCUT2D eigenvalue weighted by atomic mass is 9.62. The molecular weight excluding hydrogens is 407 g/mol. The average Bonchev–Trinajstić information content (AvgIpc) is 3.12. The van der Waals surface area contributed by atoms with E-state index in [1.165, 1.54) is 24.3 Å². The summed E-state index contributed by atoms with van der Waals surface area (Å²) in [6.07, 6.45) is -2.92. The summed E-state index contributed by atoms with van der Waals surface area (Å²) in [5.74, 6) is -0.324. The Bertz CT molecular complexity index is 1070. The van der Waals surface area contributed by atoms with Gasteiger partial charge < -0.3 is 14.7 Å². The van der Waals surface area contributed by atoms with Gasteiger partial charge in [0.2, 0.25) is 0 Å². The van der Waals surface area contributed by atoms with Crippen molar-refractivity contribution in [1.82, 2.24) is 14.7 Å². The van der Waals surface area contributed by atoms with Gasteiger partial charge in [-0.25, -0.2) is 4.68 Å². The number of nitrogens with zero attached hydrogens (tertiary/aromatic N) is 3. The summed E-state index contributed by atoms with van der Waals surface area (Å²) in [6.45, 7) is 5.15. The van der Waals surface area contributed by atoms with E-state index in [1.807, 2.05) is 57.4 Å². The van der Waals surface area contributed by atoms with Crippen molar-refractivity contribution in [1.29, 1.82) is 0 Å². The molecular formula is C23H24F3N3O2. The Kier molecular flexibility index (Phi) is 5.10. The van der Waals surface area contributed by atoms with Gasteiger partial charge in [0.25, 0.3) is 0 Å². The van der Waals surface area contributed by atoms with E-state index in [2.05, 4.69) is 14.7 Å². The maximum atomic E-state index is 12.6. The highest BCUT2D eigenvalue weighted by Gasteiger charge is 2.55. The molecule has 0 aliphatic carbocycles. The van der Waals surface area contributed by atoms with E-state index in [4.69, 9.17) is 0 Å². The Hall–Kier alpha value is -2.84. The number of likely N-dealkylation sites (tertiary alicyclic amines) is 1. The zero-order valence-corrected chi connectivity index (χ0v) is 17.5. The first-order chi connectivity index (χ1) is 14.5. The molecule has 31 heavy (non-hydrogen) atoms. The van der Waals surface area contributed by atoms with Crippen LogP contribution in [0.2, 0.25) is 0 Å². The minimum atomic E-state index is -4.77. The predicted octanol–water partition coefficient (Wildman–Crippen LogP) is 4.27. The van der Waals surface area contributed by atoms with Gasteiger partial charge in [-0.15, -0.1) is 13.2 Å². The Morgan fingerprint density at radius 3 is 2.26 bits per heavy atom. The number of hydrogen-bond acceptors (Lipinski definition) is 4. The Morgan fingerprint density at radius 1 is 1.03 bits per heavy atom. The van der Waals surface area contributed by atoms with Crippen LogP contribution in [-0.4, -0.2) is 46.3 Å². The van der Waals surface area contributed by atoms with Crippen LogP contribution >= 0.6 is 0 Å². The first-order valence-electron chi connectivity index (χ1n) is 9.91. The molecule has 1 unspecified atom stereocenters. The number of benzene rings is 2. The van der Waals surface area contributed by atoms with Gasteiger partial charge in [0, 0.05) is 24.7 Å². The molecule has 164 valence electrons. The van der Waals surface area contributed by atoms with E-state index in [1.54, 1.807) is 4.68 Å². The molecule has 0 saturated carbocycles. The lowest BCUT2D eigenvalue weighted by Gasteiger charge is -2.56. The first-order valence-corrected chi connectivity index (χ1v) is 9.91. The fraction of sp³-hybridized carbons (Fsp3) is 0.348. The van der Waals surface area contributed by atoms with Crippen LogP contribution in [-0.2, 0) is 5.60 Å². The molecule has 3 aromatic rings. The Balaban J connectivity index is 1.78. The van der Waals surface area contributed by atoms with E-state index in [-0.39, 0.29) is 5.75 Å². The third kappa shape index (κ3) is 3.93. The van der Waals surface area contributed by atoms with Gasteiger partial charge >= 0.3 is 6.36 Å². The zero-order chi connectivity index (χ0) is 22.4. The van der Waals surface area contributed by atoms with Crippen molar-refractivity contribution < 1.29 is 23.0 Å². The largest absolute Gasteiger partial charge is 0.573 e. The molecule has 1 aliphatic heterocycles. The highest BCUT2D eigenvalue weighted by atomic mass is 19.4. The number of hydrogen-bond donors (Lipinski definition) is 1. The molecule has 1 saturated heterocycles. The summed E-state index contributed by atoms with van der Waals surface area (Å²) in [5, 5.41) is 16.6. The van der Waals surface area contributed by atoms with Crippen molar-refractivity contribution in [2.75, 3.05) is 20.1 Å². The lowest BCUT2D eigenvalue weighted by molar-refractivity contribution is -0.274. The van der Waals surface area contributed by atoms with E-state index < -0.39 is 17.4 Å². The van der Waals surface area contributed by atoms with Crippen LogP contribution in [0, 0.1) is 12.3 Å². The molecule has 0 amide bonds. The van der Waals surface area contributed by atoms with Gasteiger partial charge in [-0.3, -0.25) is 0 Å². The van der Waals surface area contributed by atoms with E-state index in [0.29, 0.717) is 24.2 Å². The first kappa shape index (κ1) is 21.4. The van der Waals surface area contributed by atoms with Gasteiger partial charge in [-0.1, -0.05) is 31.2 Å². The molecule has 4 rings (SSSR count). The SMILES string of the molecule is Cc1ccn(-c2cccc(C(O)(c3ccc(OC(F)(F)F)cc3)C3(C)CN(C)C3)c2)n1. The van der Waals surface area contributed by atoms with Crippen LogP contribution in [0.15, 0.2) is 60.8 Å². The molecule has 1 fully saturated rings. The van der Waals surface area contributed by atoms with Crippen molar-refractivity contribution in [2.24, 2.45) is 5.41 Å². The van der Waals surface area contributed by atoms with E-state index in [9.17, 15) is 18.3 Å². The van der Waals surface area contributed by atoms with Gasteiger partial charge in [0.15, 0.2) is 0 Å². The highest BCUT2D eigenvalue weighted by molar-refractivity contribution is 5.46. The monoisotopic (exact) mass is 431 g/mol. The highest BCUT2D eigenvalue weighted by Crippen LogP contribution is 2.50. The fourth-order valence-electron chi connectivity index (χ4n) is 4.57. The van der Waals surface area contributed by atoms with Gasteiger partial charge in [0.05, 0.1) is 11.4 Å². The molecule has 0 spiro atoms. The van der Waals surface area contributed by atoms with E-state index in [0.717, 1.165) is 11.4 Å². The maximum Gasteiger partial charge on any atom is 0.573 e. The summed E-state index contributed by atoms with van der Waals surface area (Å²) in [6, 6.07) is 14.8. The van der Waals surface area contributed by atoms with Crippen molar-refractivity contribution in [2.45, 2.75) is 25.8 Å². The minimum absolute atomic E-state index is 0.324. The van der Waals surface area contributed by atoms with Crippen molar-refractivity contribution in [3.05, 3.63) is 77.6 Å². The van der Waals surface area contributed by atoms with Crippen LogP contribution in [0.5, 0.6) is 5.75 Å². The van der Waals surface area contributed by atoms with Crippen molar-refractivity contribution >= 4 is 0 Å². The smallest absolute Gasteiger partial charge is 0.406 e. The zero-order valence-electron chi connectivity index (χ0n) is 17.5. The number of alkyl halides is 3. The number of halogens is 3. The molecule has 2 aromatic carbocycles. The summed E-state index contributed by atoms with van der Waals surface area (Å²) in [4.78, 5) is 2.09. The molecule has 1 aromatic heterocycles. The average molecular weight is 431 g/mol. The number of ether oxygens (including phenoxy) is 1. The lowest BCUT2D eigenvalue weighted by Crippen LogP contribution is -2.63. The van der Waals surface area contributed by atoms with E-state index >= 15 is 0 Å². The third-order valence-electron chi connectivity index (χ3n) is 5.87. The summed E-state index contributed by atoms with van der Waals surface area (Å²) in [5.41, 5.74) is 0.858. The molecule has 8 heteroatoms. The van der Waals surface area contributed by atoms with Crippen LogP contribution in [0.3, 0.4) is 0 Å². The normalized spacial score (nSPS) is 18.3. The van der Waals surface area contributed by atoms with Gasteiger partial charge in [-0.2, -0.15) is 5.10 Å². The second-order valence-corrected chi connectivity index (χ2v) is 8.47. The fourth-order valence-corrected chi connectivity index (χ4v) is 4.57. The minimum Gasteiger partial charge on any atom is -0.406 e. The summed E-state index contributed by atoms with van der Waals surface area (Å²) < 4.78 is 43.4. The summed E-state index contributed by atoms with van der Waals surface area (Å²) >= 11 is 0. The Labute approximate surface area is 178 Å². The molecule has 1 N–H and O–H groups in total. The van der Waals surface area contributed by atoms with Crippen molar-refractivity contribution in [3.63, 3.8) is 0 Å². The maximum absolute atomic E-state index is 12.6.